The first-order valence-corrected chi connectivity index (χ1v) is 10.5. The molecule has 0 amide bonds. The van der Waals surface area contributed by atoms with E-state index in [2.05, 4.69) is 25.6 Å². The Bertz CT molecular complexity index is 873. The van der Waals surface area contributed by atoms with Crippen LogP contribution in [0.15, 0.2) is 29.3 Å². The van der Waals surface area contributed by atoms with Crippen molar-refractivity contribution in [1.29, 1.82) is 0 Å². The molecule has 32 heavy (non-hydrogen) atoms. The van der Waals surface area contributed by atoms with Crippen molar-refractivity contribution in [2.75, 3.05) is 26.7 Å². The number of nitrogens with zero attached hydrogens (tertiary/aromatic N) is 4. The number of hydrogen-bond acceptors (Lipinski definition) is 3. The second-order valence-electron chi connectivity index (χ2n) is 7.44. The van der Waals surface area contributed by atoms with E-state index < -0.39 is 11.7 Å². The molecule has 2 aromatic rings. The molecule has 2 N–H and O–H groups in total. The molecule has 10 heteroatoms. The van der Waals surface area contributed by atoms with Crippen LogP contribution >= 0.6 is 24.0 Å². The molecule has 0 aliphatic heterocycles. The zero-order valence-electron chi connectivity index (χ0n) is 19.5. The van der Waals surface area contributed by atoms with E-state index in [9.17, 15) is 13.2 Å². The maximum atomic E-state index is 12.9. The van der Waals surface area contributed by atoms with Crippen LogP contribution in [0.25, 0.3) is 0 Å². The highest BCUT2D eigenvalue weighted by Gasteiger charge is 2.30. The van der Waals surface area contributed by atoms with Gasteiger partial charge in [-0.1, -0.05) is 26.0 Å². The number of halogens is 4. The van der Waals surface area contributed by atoms with E-state index in [1.54, 1.807) is 19.2 Å². The van der Waals surface area contributed by atoms with Crippen molar-refractivity contribution in [1.82, 2.24) is 25.3 Å². The molecule has 6 nitrogen and oxygen atoms in total. The molecular formula is C22H34F3IN6. The Morgan fingerprint density at radius 3 is 2.16 bits per heavy atom. The highest BCUT2D eigenvalue weighted by Crippen LogP contribution is 2.30. The first-order valence-electron chi connectivity index (χ1n) is 10.5. The summed E-state index contributed by atoms with van der Waals surface area (Å²) < 4.78 is 40.7. The fourth-order valence-corrected chi connectivity index (χ4v) is 3.68. The van der Waals surface area contributed by atoms with Gasteiger partial charge in [0.2, 0.25) is 0 Å². The second-order valence-corrected chi connectivity index (χ2v) is 7.44. The summed E-state index contributed by atoms with van der Waals surface area (Å²) in [5.74, 6) is 0.631. The number of rotatable bonds is 8. The zero-order chi connectivity index (χ0) is 23.2. The number of guanidine groups is 1. The standard InChI is InChI=1S/C22H33F3N6.HI/c1-7-31(8-2)20(17-9-11-18(12-10-17)22(23,24)25)14-28-21(26-5)27-13-19-15(3)29-30(6)16(19)4;/h9-12,20H,7-8,13-14H2,1-6H3,(H2,26,27,28);1H. The molecule has 0 bridgehead atoms. The molecule has 1 aromatic carbocycles. The van der Waals surface area contributed by atoms with Gasteiger partial charge in [0.15, 0.2) is 5.96 Å². The molecule has 0 saturated heterocycles. The molecule has 1 aromatic heterocycles. The van der Waals surface area contributed by atoms with E-state index in [0.29, 0.717) is 19.0 Å². The SMILES string of the molecule is CCN(CC)C(CNC(=NC)NCc1c(C)nn(C)c1C)c1ccc(C(F)(F)F)cc1.I. The summed E-state index contributed by atoms with van der Waals surface area (Å²) in [5, 5.41) is 11.1. The van der Waals surface area contributed by atoms with Gasteiger partial charge in [-0.2, -0.15) is 18.3 Å². The van der Waals surface area contributed by atoms with Gasteiger partial charge in [0.25, 0.3) is 0 Å². The van der Waals surface area contributed by atoms with Crippen molar-refractivity contribution >= 4 is 29.9 Å². The molecule has 1 unspecified atom stereocenters. The third-order valence-electron chi connectivity index (χ3n) is 5.65. The quantitative estimate of drug-likeness (QED) is 0.282. The van der Waals surface area contributed by atoms with Gasteiger partial charge in [0.05, 0.1) is 17.3 Å². The van der Waals surface area contributed by atoms with Crippen LogP contribution in [0.1, 0.15) is 48.0 Å². The largest absolute Gasteiger partial charge is 0.416 e. The monoisotopic (exact) mass is 566 g/mol. The normalized spacial score (nSPS) is 13.1. The minimum Gasteiger partial charge on any atom is -0.354 e. The van der Waals surface area contributed by atoms with Gasteiger partial charge in [0, 0.05) is 38.4 Å². The Kier molecular flexibility index (Phi) is 11.0. The highest BCUT2D eigenvalue weighted by atomic mass is 127. The summed E-state index contributed by atoms with van der Waals surface area (Å²) in [5.41, 5.74) is 3.37. The van der Waals surface area contributed by atoms with Gasteiger partial charge in [-0.3, -0.25) is 14.6 Å². The van der Waals surface area contributed by atoms with E-state index in [-0.39, 0.29) is 30.0 Å². The molecule has 0 aliphatic rings. The molecule has 0 fully saturated rings. The van der Waals surface area contributed by atoms with Gasteiger partial charge in [-0.15, -0.1) is 24.0 Å². The maximum Gasteiger partial charge on any atom is 0.416 e. The number of alkyl halides is 3. The summed E-state index contributed by atoms with van der Waals surface area (Å²) in [6.45, 7) is 10.7. The Balaban J connectivity index is 0.00000512. The van der Waals surface area contributed by atoms with E-state index in [1.165, 1.54) is 0 Å². The van der Waals surface area contributed by atoms with Crippen molar-refractivity contribution in [2.45, 2.75) is 46.5 Å². The number of hydrogen-bond donors (Lipinski definition) is 2. The van der Waals surface area contributed by atoms with Crippen molar-refractivity contribution in [3.63, 3.8) is 0 Å². The Morgan fingerprint density at radius 2 is 1.72 bits per heavy atom. The van der Waals surface area contributed by atoms with E-state index in [0.717, 1.165) is 47.7 Å². The summed E-state index contributed by atoms with van der Waals surface area (Å²) >= 11 is 0. The topological polar surface area (TPSA) is 57.5 Å². The maximum absolute atomic E-state index is 12.9. The number of aromatic nitrogens is 2. The summed E-state index contributed by atoms with van der Waals surface area (Å²) in [6, 6.07) is 5.33. The second kappa shape index (κ2) is 12.4. The molecule has 1 atom stereocenters. The lowest BCUT2D eigenvalue weighted by Gasteiger charge is -2.31. The zero-order valence-corrected chi connectivity index (χ0v) is 21.9. The predicted molar refractivity (Wildman–Crippen MR) is 133 cm³/mol. The molecule has 1 heterocycles. The van der Waals surface area contributed by atoms with Crippen LogP contribution in [0.2, 0.25) is 0 Å². The number of nitrogens with one attached hydrogen (secondary N) is 2. The van der Waals surface area contributed by atoms with Gasteiger partial charge in [0.1, 0.15) is 0 Å². The van der Waals surface area contributed by atoms with Crippen molar-refractivity contribution in [3.05, 3.63) is 52.3 Å². The average molecular weight is 566 g/mol. The summed E-state index contributed by atoms with van der Waals surface area (Å²) in [6.07, 6.45) is -4.34. The van der Waals surface area contributed by atoms with E-state index >= 15 is 0 Å². The summed E-state index contributed by atoms with van der Waals surface area (Å²) in [7, 11) is 3.61. The highest BCUT2D eigenvalue weighted by molar-refractivity contribution is 14.0. The smallest absolute Gasteiger partial charge is 0.354 e. The minimum absolute atomic E-state index is 0. The van der Waals surface area contributed by atoms with Crippen LogP contribution in [0.4, 0.5) is 13.2 Å². The molecule has 0 spiro atoms. The van der Waals surface area contributed by atoms with Crippen LogP contribution in [0, 0.1) is 13.8 Å². The first-order chi connectivity index (χ1) is 14.6. The van der Waals surface area contributed by atoms with Crippen LogP contribution in [0.3, 0.4) is 0 Å². The first kappa shape index (κ1) is 28.2. The van der Waals surface area contributed by atoms with E-state index in [4.69, 9.17) is 0 Å². The van der Waals surface area contributed by atoms with Crippen LogP contribution < -0.4 is 10.6 Å². The summed E-state index contributed by atoms with van der Waals surface area (Å²) in [4.78, 5) is 6.50. The number of aryl methyl sites for hydroxylation is 2. The molecule has 180 valence electrons. The Morgan fingerprint density at radius 1 is 1.12 bits per heavy atom. The fraction of sp³-hybridized carbons (Fsp3) is 0.545. The van der Waals surface area contributed by atoms with Crippen molar-refractivity contribution in [2.24, 2.45) is 12.0 Å². The minimum atomic E-state index is -4.34. The predicted octanol–water partition coefficient (Wildman–Crippen LogP) is 4.42. The number of aliphatic imine (C=N–C) groups is 1. The van der Waals surface area contributed by atoms with Crippen molar-refractivity contribution < 1.29 is 13.2 Å². The molecule has 0 aliphatic carbocycles. The Hall–Kier alpha value is -1.82. The van der Waals surface area contributed by atoms with Crippen LogP contribution in [-0.2, 0) is 19.8 Å². The van der Waals surface area contributed by atoms with Crippen LogP contribution in [0.5, 0.6) is 0 Å². The third-order valence-corrected chi connectivity index (χ3v) is 5.65. The number of benzene rings is 1. The number of likely N-dealkylation sites (N-methyl/N-ethyl adjacent to an activating group) is 1. The molecule has 0 saturated carbocycles. The fourth-order valence-electron chi connectivity index (χ4n) is 3.68. The molecule has 2 rings (SSSR count). The van der Waals surface area contributed by atoms with Gasteiger partial charge >= 0.3 is 6.18 Å². The van der Waals surface area contributed by atoms with Crippen molar-refractivity contribution in [3.8, 4) is 0 Å². The average Bonchev–Trinajstić information content (AvgIpc) is 2.98. The molecule has 0 radical (unpaired) electrons. The lowest BCUT2D eigenvalue weighted by molar-refractivity contribution is -0.137. The van der Waals surface area contributed by atoms with Crippen LogP contribution in [-0.4, -0.2) is 47.3 Å². The molecular weight excluding hydrogens is 532 g/mol. The lowest BCUT2D eigenvalue weighted by Crippen LogP contribution is -2.43. The Labute approximate surface area is 205 Å². The lowest BCUT2D eigenvalue weighted by atomic mass is 10.0. The van der Waals surface area contributed by atoms with E-state index in [1.807, 2.05) is 39.4 Å². The van der Waals surface area contributed by atoms with Gasteiger partial charge in [-0.25, -0.2) is 0 Å². The van der Waals surface area contributed by atoms with Gasteiger partial charge < -0.3 is 10.6 Å². The third kappa shape index (κ3) is 7.09. The van der Waals surface area contributed by atoms with Gasteiger partial charge in [-0.05, 0) is 44.6 Å².